The third kappa shape index (κ3) is 3.31. The number of carboxylic acids is 1. The Morgan fingerprint density at radius 2 is 1.52 bits per heavy atom. The highest BCUT2D eigenvalue weighted by Crippen LogP contribution is 2.61. The molecule has 1 aromatic carbocycles. The van der Waals surface area contributed by atoms with Gasteiger partial charge in [-0.25, -0.2) is 8.42 Å². The van der Waals surface area contributed by atoms with Gasteiger partial charge in [0.2, 0.25) is 10.0 Å². The highest BCUT2D eigenvalue weighted by Gasteiger charge is 2.56. The molecule has 27 heavy (non-hydrogen) atoms. The van der Waals surface area contributed by atoms with E-state index < -0.39 is 27.4 Å². The van der Waals surface area contributed by atoms with Crippen LogP contribution >= 0.6 is 0 Å². The van der Waals surface area contributed by atoms with Crippen molar-refractivity contribution in [1.29, 1.82) is 0 Å². The zero-order valence-electron chi connectivity index (χ0n) is 15.3. The van der Waals surface area contributed by atoms with Crippen molar-refractivity contribution in [3.05, 3.63) is 29.8 Å². The molecular formula is C20H25NO5S. The molecule has 4 fully saturated rings. The van der Waals surface area contributed by atoms with Crippen molar-refractivity contribution in [3.8, 4) is 0 Å². The second kappa shape index (κ2) is 6.41. The number of carbonyl (C=O) groups excluding carboxylic acids is 1. The SMILES string of the molecule is CC(=O)c1ccc(S(=O)(=O)NC(C(=O)O)C23CC4CC(CC(C4)C2)C3)cc1. The molecule has 1 atom stereocenters. The maximum Gasteiger partial charge on any atom is 0.322 e. The minimum absolute atomic E-state index is 0.0107. The van der Waals surface area contributed by atoms with Gasteiger partial charge in [-0.05, 0) is 80.8 Å². The van der Waals surface area contributed by atoms with Gasteiger partial charge in [0.05, 0.1) is 4.90 Å². The molecule has 2 N–H and O–H groups in total. The monoisotopic (exact) mass is 391 g/mol. The number of carboxylic acid groups (broad SMARTS) is 1. The number of sulfonamides is 1. The number of ketones is 1. The Bertz CT molecular complexity index is 839. The van der Waals surface area contributed by atoms with Crippen LogP contribution in [0.5, 0.6) is 0 Å². The maximum atomic E-state index is 12.9. The van der Waals surface area contributed by atoms with E-state index in [0.717, 1.165) is 38.5 Å². The third-order valence-corrected chi connectivity index (χ3v) is 8.23. The molecule has 146 valence electrons. The first-order chi connectivity index (χ1) is 12.7. The van der Waals surface area contributed by atoms with Crippen LogP contribution in [-0.2, 0) is 14.8 Å². The highest BCUT2D eigenvalue weighted by molar-refractivity contribution is 7.89. The van der Waals surface area contributed by atoms with Gasteiger partial charge in [0.1, 0.15) is 6.04 Å². The average molecular weight is 391 g/mol. The molecule has 6 nitrogen and oxygen atoms in total. The van der Waals surface area contributed by atoms with Crippen molar-refractivity contribution in [3.63, 3.8) is 0 Å². The van der Waals surface area contributed by atoms with Gasteiger partial charge in [-0.3, -0.25) is 9.59 Å². The van der Waals surface area contributed by atoms with Crippen molar-refractivity contribution >= 4 is 21.8 Å². The first-order valence-electron chi connectivity index (χ1n) is 9.55. The van der Waals surface area contributed by atoms with Gasteiger partial charge < -0.3 is 5.11 Å². The number of hydrogen-bond donors (Lipinski definition) is 2. The van der Waals surface area contributed by atoms with Gasteiger partial charge in [-0.15, -0.1) is 0 Å². The summed E-state index contributed by atoms with van der Waals surface area (Å²) in [6, 6.07) is 4.52. The Morgan fingerprint density at radius 1 is 1.04 bits per heavy atom. The molecule has 1 aromatic rings. The number of benzene rings is 1. The van der Waals surface area contributed by atoms with E-state index in [4.69, 9.17) is 0 Å². The van der Waals surface area contributed by atoms with Gasteiger partial charge in [-0.1, -0.05) is 12.1 Å². The lowest BCUT2D eigenvalue weighted by Gasteiger charge is -2.58. The van der Waals surface area contributed by atoms with E-state index in [1.807, 2.05) is 0 Å². The summed E-state index contributed by atoms with van der Waals surface area (Å²) in [5, 5.41) is 9.89. The van der Waals surface area contributed by atoms with Gasteiger partial charge in [0.15, 0.2) is 5.78 Å². The lowest BCUT2D eigenvalue weighted by atomic mass is 9.48. The van der Waals surface area contributed by atoms with E-state index in [0.29, 0.717) is 23.3 Å². The summed E-state index contributed by atoms with van der Waals surface area (Å²) in [6.45, 7) is 1.41. The quantitative estimate of drug-likeness (QED) is 0.726. The average Bonchev–Trinajstić information content (AvgIpc) is 2.58. The normalized spacial score (nSPS) is 33.0. The smallest absolute Gasteiger partial charge is 0.322 e. The topological polar surface area (TPSA) is 101 Å². The fourth-order valence-electron chi connectivity index (χ4n) is 6.06. The molecule has 0 heterocycles. The largest absolute Gasteiger partial charge is 0.480 e. The van der Waals surface area contributed by atoms with E-state index in [-0.39, 0.29) is 10.7 Å². The Balaban J connectivity index is 1.62. The summed E-state index contributed by atoms with van der Waals surface area (Å²) in [6.07, 6.45) is 5.85. The molecular weight excluding hydrogens is 366 g/mol. The van der Waals surface area contributed by atoms with E-state index in [1.54, 1.807) is 0 Å². The summed E-state index contributed by atoms with van der Waals surface area (Å²) in [5.41, 5.74) is -0.0581. The number of carbonyl (C=O) groups is 2. The Hall–Kier alpha value is -1.73. The molecule has 5 rings (SSSR count). The van der Waals surface area contributed by atoms with Crippen molar-refractivity contribution in [1.82, 2.24) is 4.72 Å². The molecule has 0 saturated heterocycles. The van der Waals surface area contributed by atoms with Crippen LogP contribution < -0.4 is 4.72 Å². The van der Waals surface area contributed by atoms with Crippen LogP contribution in [0.25, 0.3) is 0 Å². The fraction of sp³-hybridized carbons (Fsp3) is 0.600. The van der Waals surface area contributed by atoms with Crippen LogP contribution in [0.4, 0.5) is 0 Å². The van der Waals surface area contributed by atoms with Gasteiger partial charge in [-0.2, -0.15) is 4.72 Å². The second-order valence-electron chi connectivity index (χ2n) is 8.75. The summed E-state index contributed by atoms with van der Waals surface area (Å²) in [7, 11) is -3.98. The van der Waals surface area contributed by atoms with Gasteiger partial charge >= 0.3 is 5.97 Å². The first kappa shape index (κ1) is 18.6. The predicted molar refractivity (Wildman–Crippen MR) is 98.8 cm³/mol. The third-order valence-electron chi connectivity index (χ3n) is 6.79. The van der Waals surface area contributed by atoms with E-state index in [2.05, 4.69) is 4.72 Å². The van der Waals surface area contributed by atoms with Crippen molar-refractivity contribution in [2.24, 2.45) is 23.2 Å². The Morgan fingerprint density at radius 3 is 1.93 bits per heavy atom. The number of rotatable bonds is 6. The summed E-state index contributed by atoms with van der Waals surface area (Å²) >= 11 is 0. The lowest BCUT2D eigenvalue weighted by molar-refractivity contribution is -0.150. The summed E-state index contributed by atoms with van der Waals surface area (Å²) in [4.78, 5) is 23.5. The fourth-order valence-corrected chi connectivity index (χ4v) is 7.35. The molecule has 1 unspecified atom stereocenters. The number of hydrogen-bond acceptors (Lipinski definition) is 4. The van der Waals surface area contributed by atoms with E-state index in [1.165, 1.54) is 31.2 Å². The van der Waals surface area contributed by atoms with E-state index in [9.17, 15) is 23.1 Å². The minimum atomic E-state index is -3.98. The summed E-state index contributed by atoms with van der Waals surface area (Å²) < 4.78 is 28.2. The standard InChI is InChI=1S/C20H25NO5S/c1-12(22)16-2-4-17(5-3-16)27(25,26)21-18(19(23)24)20-9-13-6-14(10-20)8-15(7-13)11-20/h2-5,13-15,18,21H,6-11H2,1H3,(H,23,24). The molecule has 4 saturated carbocycles. The van der Waals surface area contributed by atoms with Crippen LogP contribution in [0.3, 0.4) is 0 Å². The zero-order chi connectivity index (χ0) is 19.4. The van der Waals surface area contributed by atoms with Crippen LogP contribution in [0.2, 0.25) is 0 Å². The van der Waals surface area contributed by atoms with E-state index >= 15 is 0 Å². The molecule has 0 amide bonds. The first-order valence-corrected chi connectivity index (χ1v) is 11.0. The zero-order valence-corrected chi connectivity index (χ0v) is 16.2. The summed E-state index contributed by atoms with van der Waals surface area (Å²) in [5.74, 6) is 0.331. The molecule has 7 heteroatoms. The molecule has 4 bridgehead atoms. The van der Waals surface area contributed by atoms with Crippen LogP contribution in [0.15, 0.2) is 29.2 Å². The highest BCUT2D eigenvalue weighted by atomic mass is 32.2. The Kier molecular flexibility index (Phi) is 4.42. The molecule has 0 radical (unpaired) electrons. The van der Waals surface area contributed by atoms with Crippen molar-refractivity contribution in [2.75, 3.05) is 0 Å². The predicted octanol–water partition coefficient (Wildman–Crippen LogP) is 2.84. The number of nitrogens with one attached hydrogen (secondary N) is 1. The van der Waals surface area contributed by atoms with Crippen LogP contribution in [0, 0.1) is 23.2 Å². The Labute approximate surface area is 159 Å². The molecule has 4 aliphatic carbocycles. The van der Waals surface area contributed by atoms with Gasteiger partial charge in [0, 0.05) is 5.56 Å². The molecule has 0 aromatic heterocycles. The minimum Gasteiger partial charge on any atom is -0.480 e. The molecule has 0 aliphatic heterocycles. The number of Topliss-reactive ketones (excluding diaryl/α,β-unsaturated/α-hetero) is 1. The van der Waals surface area contributed by atoms with Crippen LogP contribution in [-0.4, -0.2) is 31.3 Å². The van der Waals surface area contributed by atoms with Crippen LogP contribution in [0.1, 0.15) is 55.8 Å². The lowest BCUT2D eigenvalue weighted by Crippen LogP contribution is -2.59. The number of aliphatic carboxylic acids is 1. The second-order valence-corrected chi connectivity index (χ2v) is 10.5. The molecule has 0 spiro atoms. The van der Waals surface area contributed by atoms with Crippen molar-refractivity contribution < 1.29 is 23.1 Å². The molecule has 4 aliphatic rings. The maximum absolute atomic E-state index is 12.9. The van der Waals surface area contributed by atoms with Gasteiger partial charge in [0.25, 0.3) is 0 Å². The van der Waals surface area contributed by atoms with Crippen molar-refractivity contribution in [2.45, 2.75) is 56.4 Å².